The molecule has 0 amide bonds. The van der Waals surface area contributed by atoms with E-state index in [1.807, 2.05) is 0 Å². The summed E-state index contributed by atoms with van der Waals surface area (Å²) >= 11 is 6.21. The summed E-state index contributed by atoms with van der Waals surface area (Å²) in [5, 5.41) is 0.338. The minimum absolute atomic E-state index is 0.0281. The van der Waals surface area contributed by atoms with Crippen molar-refractivity contribution >= 4 is 38.2 Å². The molecule has 9 heteroatoms. The zero-order valence-corrected chi connectivity index (χ0v) is 16.4. The summed E-state index contributed by atoms with van der Waals surface area (Å²) in [6.07, 6.45) is 0. The molecule has 146 valence electrons. The number of halogens is 1. The fourth-order valence-corrected chi connectivity index (χ4v) is 4.21. The van der Waals surface area contributed by atoms with Gasteiger partial charge in [0, 0.05) is 5.69 Å². The minimum Gasteiger partial charge on any atom is -0.306 e. The van der Waals surface area contributed by atoms with E-state index in [4.69, 9.17) is 11.6 Å². The number of aromatic amines is 1. The number of sulfonamides is 1. The third-order valence-corrected chi connectivity index (χ3v) is 6.00. The molecule has 0 aliphatic carbocycles. The maximum atomic E-state index is 12.9. The van der Waals surface area contributed by atoms with Crippen molar-refractivity contribution in [2.75, 3.05) is 4.72 Å². The maximum absolute atomic E-state index is 12.9. The number of hydrogen-bond acceptors (Lipinski definition) is 4. The molecule has 0 saturated heterocycles. The molecule has 4 aromatic rings. The molecule has 0 fully saturated rings. The van der Waals surface area contributed by atoms with E-state index in [1.54, 1.807) is 54.6 Å². The number of nitrogens with one attached hydrogen (secondary N) is 2. The lowest BCUT2D eigenvalue weighted by Gasteiger charge is -2.12. The summed E-state index contributed by atoms with van der Waals surface area (Å²) in [5.41, 5.74) is -0.591. The van der Waals surface area contributed by atoms with Gasteiger partial charge in [0.2, 0.25) is 0 Å². The summed E-state index contributed by atoms with van der Waals surface area (Å²) in [5.74, 6) is 0. The zero-order valence-electron chi connectivity index (χ0n) is 14.8. The molecular formula is C20H14ClN3O4S. The molecule has 0 atom stereocenters. The summed E-state index contributed by atoms with van der Waals surface area (Å²) < 4.78 is 28.8. The van der Waals surface area contributed by atoms with Gasteiger partial charge in [-0.25, -0.2) is 17.8 Å². The first-order valence-electron chi connectivity index (χ1n) is 8.49. The second-order valence-electron chi connectivity index (χ2n) is 6.20. The number of nitrogens with zero attached hydrogens (tertiary/aromatic N) is 1. The van der Waals surface area contributed by atoms with Crippen molar-refractivity contribution in [2.45, 2.75) is 4.90 Å². The van der Waals surface area contributed by atoms with Crippen LogP contribution in [0.15, 0.2) is 87.3 Å². The van der Waals surface area contributed by atoms with Gasteiger partial charge in [0.25, 0.3) is 15.6 Å². The molecule has 0 aliphatic rings. The van der Waals surface area contributed by atoms with E-state index in [9.17, 15) is 18.0 Å². The van der Waals surface area contributed by atoms with Crippen LogP contribution in [0.4, 0.5) is 5.69 Å². The first kappa shape index (κ1) is 19.0. The Morgan fingerprint density at radius 1 is 0.897 bits per heavy atom. The molecule has 29 heavy (non-hydrogen) atoms. The average molecular weight is 428 g/mol. The van der Waals surface area contributed by atoms with Gasteiger partial charge in [0.15, 0.2) is 0 Å². The number of aromatic nitrogens is 2. The van der Waals surface area contributed by atoms with E-state index in [1.165, 1.54) is 18.2 Å². The predicted molar refractivity (Wildman–Crippen MR) is 112 cm³/mol. The van der Waals surface area contributed by atoms with Crippen LogP contribution in [-0.2, 0) is 10.0 Å². The van der Waals surface area contributed by atoms with E-state index in [0.717, 1.165) is 4.57 Å². The third kappa shape index (κ3) is 3.55. The van der Waals surface area contributed by atoms with Crippen LogP contribution in [0.25, 0.3) is 16.6 Å². The Labute approximate surface area is 170 Å². The van der Waals surface area contributed by atoms with Crippen LogP contribution in [0.5, 0.6) is 0 Å². The quantitative estimate of drug-likeness (QED) is 0.522. The maximum Gasteiger partial charge on any atom is 0.333 e. The molecule has 0 saturated carbocycles. The van der Waals surface area contributed by atoms with Crippen LogP contribution >= 0.6 is 11.6 Å². The Bertz CT molecular complexity index is 1440. The molecule has 2 N–H and O–H groups in total. The molecule has 1 aromatic heterocycles. The van der Waals surface area contributed by atoms with E-state index in [0.29, 0.717) is 11.2 Å². The smallest absolute Gasteiger partial charge is 0.306 e. The first-order chi connectivity index (χ1) is 13.9. The van der Waals surface area contributed by atoms with E-state index < -0.39 is 21.3 Å². The first-order valence-corrected chi connectivity index (χ1v) is 10.3. The number of anilines is 1. The number of rotatable bonds is 4. The van der Waals surface area contributed by atoms with E-state index in [-0.39, 0.29) is 21.0 Å². The normalized spacial score (nSPS) is 11.5. The van der Waals surface area contributed by atoms with Crippen molar-refractivity contribution in [2.24, 2.45) is 0 Å². The largest absolute Gasteiger partial charge is 0.333 e. The molecule has 1 heterocycles. The lowest BCUT2D eigenvalue weighted by atomic mass is 10.2. The number of benzene rings is 3. The van der Waals surface area contributed by atoms with Crippen molar-refractivity contribution in [1.29, 1.82) is 0 Å². The van der Waals surface area contributed by atoms with Gasteiger partial charge in [-0.05, 0) is 42.5 Å². The average Bonchev–Trinajstić information content (AvgIpc) is 2.69. The van der Waals surface area contributed by atoms with Gasteiger partial charge in [0.05, 0.1) is 26.5 Å². The fraction of sp³-hybridized carbons (Fsp3) is 0. The predicted octanol–water partition coefficient (Wildman–Crippen LogP) is 3.13. The number of H-pyrrole nitrogens is 1. The lowest BCUT2D eigenvalue weighted by Crippen LogP contribution is -2.34. The Hall–Kier alpha value is -3.36. The highest BCUT2D eigenvalue weighted by Gasteiger charge is 2.19. The van der Waals surface area contributed by atoms with Gasteiger partial charge >= 0.3 is 5.69 Å². The molecule has 0 aliphatic heterocycles. The fourth-order valence-electron chi connectivity index (χ4n) is 2.93. The molecule has 3 aromatic carbocycles. The highest BCUT2D eigenvalue weighted by molar-refractivity contribution is 7.92. The Kier molecular flexibility index (Phi) is 4.73. The summed E-state index contributed by atoms with van der Waals surface area (Å²) in [7, 11) is -3.97. The highest BCUT2D eigenvalue weighted by atomic mass is 35.5. The highest BCUT2D eigenvalue weighted by Crippen LogP contribution is 2.24. The van der Waals surface area contributed by atoms with Crippen molar-refractivity contribution in [3.63, 3.8) is 0 Å². The van der Waals surface area contributed by atoms with Crippen LogP contribution in [-0.4, -0.2) is 18.0 Å². The van der Waals surface area contributed by atoms with Crippen molar-refractivity contribution in [3.8, 4) is 5.69 Å². The van der Waals surface area contributed by atoms with Crippen LogP contribution in [0, 0.1) is 0 Å². The molecule has 0 unspecified atom stereocenters. The summed E-state index contributed by atoms with van der Waals surface area (Å²) in [6.45, 7) is 0. The van der Waals surface area contributed by atoms with Gasteiger partial charge in [-0.1, -0.05) is 41.9 Å². The molecule has 0 spiro atoms. The molecule has 0 bridgehead atoms. The van der Waals surface area contributed by atoms with Gasteiger partial charge in [0.1, 0.15) is 0 Å². The second kappa shape index (κ2) is 7.23. The lowest BCUT2D eigenvalue weighted by molar-refractivity contribution is 0.601. The van der Waals surface area contributed by atoms with Gasteiger partial charge in [-0.3, -0.25) is 9.52 Å². The molecular weight excluding hydrogens is 414 g/mol. The molecule has 4 rings (SSSR count). The summed E-state index contributed by atoms with van der Waals surface area (Å²) in [4.78, 5) is 27.9. The van der Waals surface area contributed by atoms with E-state index in [2.05, 4.69) is 9.71 Å². The topological polar surface area (TPSA) is 101 Å². The SMILES string of the molecule is O=c1[nH]c2ccccc2c(=O)n1-c1cc(S(=O)(=O)Nc2ccccc2)ccc1Cl. The second-order valence-corrected chi connectivity index (χ2v) is 8.29. The van der Waals surface area contributed by atoms with Crippen LogP contribution in [0.2, 0.25) is 5.02 Å². The van der Waals surface area contributed by atoms with Crippen molar-refractivity contribution < 1.29 is 8.42 Å². The van der Waals surface area contributed by atoms with Crippen LogP contribution in [0.1, 0.15) is 0 Å². The number of hydrogen-bond donors (Lipinski definition) is 2. The van der Waals surface area contributed by atoms with Crippen LogP contribution in [0.3, 0.4) is 0 Å². The summed E-state index contributed by atoms with van der Waals surface area (Å²) in [6, 6.07) is 18.7. The van der Waals surface area contributed by atoms with E-state index >= 15 is 0 Å². The number of para-hydroxylation sites is 2. The molecule has 0 radical (unpaired) electrons. The molecule has 7 nitrogen and oxygen atoms in total. The minimum atomic E-state index is -3.97. The zero-order chi connectivity index (χ0) is 20.6. The van der Waals surface area contributed by atoms with Gasteiger partial charge in [-0.2, -0.15) is 0 Å². The third-order valence-electron chi connectivity index (χ3n) is 4.30. The van der Waals surface area contributed by atoms with Crippen LogP contribution < -0.4 is 16.0 Å². The monoisotopic (exact) mass is 427 g/mol. The standard InChI is InChI=1S/C20H14ClN3O4S/c21-16-11-10-14(29(27,28)23-13-6-2-1-3-7-13)12-18(16)24-19(25)15-8-4-5-9-17(15)22-20(24)26/h1-12,23H,(H,22,26). The van der Waals surface area contributed by atoms with Gasteiger partial charge in [-0.15, -0.1) is 0 Å². The Morgan fingerprint density at radius 3 is 2.34 bits per heavy atom. The van der Waals surface area contributed by atoms with Gasteiger partial charge < -0.3 is 4.98 Å². The Balaban J connectivity index is 1.88. The van der Waals surface area contributed by atoms with Crippen molar-refractivity contribution in [1.82, 2.24) is 9.55 Å². The Morgan fingerprint density at radius 2 is 1.59 bits per heavy atom. The van der Waals surface area contributed by atoms with Crippen molar-refractivity contribution in [3.05, 3.63) is 98.7 Å². The number of fused-ring (bicyclic) bond motifs is 1.